The lowest BCUT2D eigenvalue weighted by molar-refractivity contribution is 0.0170. The van der Waals surface area contributed by atoms with Gasteiger partial charge in [-0.05, 0) is 76.1 Å². The first kappa shape index (κ1) is 27.5. The van der Waals surface area contributed by atoms with Crippen molar-refractivity contribution in [2.75, 3.05) is 0 Å². The van der Waals surface area contributed by atoms with Crippen LogP contribution in [0.25, 0.3) is 0 Å². The van der Waals surface area contributed by atoms with Crippen molar-refractivity contribution in [2.24, 2.45) is 0 Å². The van der Waals surface area contributed by atoms with Crippen LogP contribution in [-0.2, 0) is 20.1 Å². The zero-order chi connectivity index (χ0) is 26.0. The SMILES string of the molecule is C[Si](C)(C)OC1(c2ccccc2C(=O)c2ccccc2C2(O[Si](C)(C)C)CCCCC2)CCCCC1. The number of hydrogen-bond donors (Lipinski definition) is 0. The molecule has 3 nitrogen and oxygen atoms in total. The van der Waals surface area contributed by atoms with Crippen LogP contribution in [0.1, 0.15) is 91.3 Å². The van der Waals surface area contributed by atoms with E-state index in [1.165, 1.54) is 12.8 Å². The van der Waals surface area contributed by atoms with Crippen LogP contribution in [0.3, 0.4) is 0 Å². The van der Waals surface area contributed by atoms with E-state index >= 15 is 0 Å². The fourth-order valence-electron chi connectivity index (χ4n) is 6.57. The van der Waals surface area contributed by atoms with Crippen LogP contribution in [0.5, 0.6) is 0 Å². The maximum Gasteiger partial charge on any atom is 0.193 e. The molecular weight excluding hydrogens is 477 g/mol. The molecule has 36 heavy (non-hydrogen) atoms. The van der Waals surface area contributed by atoms with Gasteiger partial charge in [0.2, 0.25) is 0 Å². The number of ketones is 1. The fourth-order valence-corrected chi connectivity index (χ4v) is 9.55. The first-order valence-electron chi connectivity index (χ1n) is 14.1. The Bertz CT molecular complexity index is 968. The topological polar surface area (TPSA) is 35.5 Å². The lowest BCUT2D eigenvalue weighted by Gasteiger charge is -2.44. The zero-order valence-electron chi connectivity index (χ0n) is 23.4. The molecule has 2 saturated carbocycles. The van der Waals surface area contributed by atoms with Crippen LogP contribution in [0, 0.1) is 0 Å². The van der Waals surface area contributed by atoms with Crippen LogP contribution in [0.15, 0.2) is 48.5 Å². The van der Waals surface area contributed by atoms with Crippen molar-refractivity contribution in [3.63, 3.8) is 0 Å². The largest absolute Gasteiger partial charge is 0.408 e. The number of benzene rings is 2. The van der Waals surface area contributed by atoms with E-state index in [4.69, 9.17) is 8.85 Å². The molecule has 0 heterocycles. The average molecular weight is 523 g/mol. The van der Waals surface area contributed by atoms with Gasteiger partial charge in [-0.2, -0.15) is 0 Å². The Morgan fingerprint density at radius 1 is 0.583 bits per heavy atom. The van der Waals surface area contributed by atoms with Crippen molar-refractivity contribution in [1.29, 1.82) is 0 Å². The summed E-state index contributed by atoms with van der Waals surface area (Å²) >= 11 is 0. The Morgan fingerprint density at radius 2 is 0.917 bits per heavy atom. The van der Waals surface area contributed by atoms with Crippen LogP contribution in [0.4, 0.5) is 0 Å². The van der Waals surface area contributed by atoms with Crippen LogP contribution < -0.4 is 0 Å². The normalized spacial score (nSPS) is 20.2. The Kier molecular flexibility index (Phi) is 8.16. The number of rotatable bonds is 8. The molecule has 5 heteroatoms. The Balaban J connectivity index is 1.82. The van der Waals surface area contributed by atoms with Gasteiger partial charge < -0.3 is 8.85 Å². The molecule has 0 aromatic heterocycles. The van der Waals surface area contributed by atoms with Gasteiger partial charge >= 0.3 is 0 Å². The van der Waals surface area contributed by atoms with E-state index in [2.05, 4.69) is 63.5 Å². The van der Waals surface area contributed by atoms with Crippen molar-refractivity contribution in [2.45, 2.75) is 115 Å². The van der Waals surface area contributed by atoms with Gasteiger partial charge in [-0.1, -0.05) is 87.1 Å². The molecule has 2 aromatic rings. The molecule has 0 unspecified atom stereocenters. The maximum atomic E-state index is 14.5. The molecule has 4 rings (SSSR count). The van der Waals surface area contributed by atoms with Crippen molar-refractivity contribution in [3.8, 4) is 0 Å². The highest BCUT2D eigenvalue weighted by molar-refractivity contribution is 6.70. The number of carbonyl (C=O) groups excluding carboxylic acids is 1. The highest BCUT2D eigenvalue weighted by Crippen LogP contribution is 2.46. The van der Waals surface area contributed by atoms with E-state index in [-0.39, 0.29) is 17.0 Å². The molecular formula is C31H46O3Si2. The molecule has 2 aliphatic rings. The van der Waals surface area contributed by atoms with Gasteiger partial charge in [0.15, 0.2) is 22.4 Å². The van der Waals surface area contributed by atoms with Crippen molar-refractivity contribution in [3.05, 3.63) is 70.8 Å². The smallest absolute Gasteiger partial charge is 0.193 e. The second-order valence-electron chi connectivity index (χ2n) is 13.0. The molecule has 0 radical (unpaired) electrons. The molecule has 0 spiro atoms. The van der Waals surface area contributed by atoms with E-state index in [0.29, 0.717) is 0 Å². The lowest BCUT2D eigenvalue weighted by atomic mass is 9.74. The summed E-state index contributed by atoms with van der Waals surface area (Å²) in [7, 11) is -3.68. The predicted molar refractivity (Wildman–Crippen MR) is 155 cm³/mol. The fraction of sp³-hybridized carbons (Fsp3) is 0.581. The number of hydrogen-bond acceptors (Lipinski definition) is 3. The third kappa shape index (κ3) is 6.12. The van der Waals surface area contributed by atoms with Crippen molar-refractivity contribution >= 4 is 22.4 Å². The molecule has 2 aliphatic carbocycles. The van der Waals surface area contributed by atoms with Gasteiger partial charge in [-0.25, -0.2) is 0 Å². The zero-order valence-corrected chi connectivity index (χ0v) is 25.4. The standard InChI is InChI=1S/C31H46O3Si2/c1-35(2,3)33-30(21-13-7-14-22-30)27-19-11-9-17-25(27)29(32)26-18-10-12-20-28(26)31(34-36(4,5)6)23-15-8-16-24-31/h9-12,17-20H,7-8,13-16,21-24H2,1-6H3. The third-order valence-corrected chi connectivity index (χ3v) is 9.66. The van der Waals surface area contributed by atoms with Gasteiger partial charge in [-0.15, -0.1) is 0 Å². The van der Waals surface area contributed by atoms with Gasteiger partial charge in [-0.3, -0.25) is 4.79 Å². The lowest BCUT2D eigenvalue weighted by Crippen LogP contribution is -2.43. The van der Waals surface area contributed by atoms with Crippen molar-refractivity contribution < 1.29 is 13.6 Å². The van der Waals surface area contributed by atoms with Crippen LogP contribution in [-0.4, -0.2) is 22.4 Å². The van der Waals surface area contributed by atoms with Gasteiger partial charge in [0.1, 0.15) is 0 Å². The Labute approximate surface area is 221 Å². The average Bonchev–Trinajstić information content (AvgIpc) is 2.83. The van der Waals surface area contributed by atoms with E-state index in [9.17, 15) is 4.79 Å². The first-order valence-corrected chi connectivity index (χ1v) is 20.9. The summed E-state index contributed by atoms with van der Waals surface area (Å²) in [6.45, 7) is 13.6. The second-order valence-corrected chi connectivity index (χ2v) is 21.8. The molecule has 0 amide bonds. The summed E-state index contributed by atoms with van der Waals surface area (Å²) in [5, 5.41) is 0. The maximum absolute atomic E-state index is 14.5. The molecule has 0 N–H and O–H groups in total. The summed E-state index contributed by atoms with van der Waals surface area (Å²) in [4.78, 5) is 14.5. The highest BCUT2D eigenvalue weighted by Gasteiger charge is 2.43. The molecule has 0 aliphatic heterocycles. The quantitative estimate of drug-likeness (QED) is 0.256. The summed E-state index contributed by atoms with van der Waals surface area (Å²) in [5.41, 5.74) is 3.09. The third-order valence-electron chi connectivity index (χ3n) is 7.65. The Hall–Kier alpha value is -1.54. The minimum Gasteiger partial charge on any atom is -0.408 e. The first-order chi connectivity index (χ1) is 16.9. The van der Waals surface area contributed by atoms with E-state index < -0.39 is 16.6 Å². The van der Waals surface area contributed by atoms with Gasteiger partial charge in [0, 0.05) is 11.1 Å². The van der Waals surface area contributed by atoms with Gasteiger partial charge in [0.25, 0.3) is 0 Å². The minimum atomic E-state index is -1.84. The summed E-state index contributed by atoms with van der Waals surface area (Å²) < 4.78 is 14.0. The monoisotopic (exact) mass is 522 g/mol. The molecule has 0 bridgehead atoms. The second kappa shape index (κ2) is 10.7. The minimum absolute atomic E-state index is 0.120. The van der Waals surface area contributed by atoms with E-state index in [1.807, 2.05) is 24.3 Å². The molecule has 196 valence electrons. The predicted octanol–water partition coefficient (Wildman–Crippen LogP) is 8.94. The van der Waals surface area contributed by atoms with Crippen LogP contribution >= 0.6 is 0 Å². The molecule has 0 saturated heterocycles. The Morgan fingerprint density at radius 3 is 1.25 bits per heavy atom. The summed E-state index contributed by atoms with van der Waals surface area (Å²) in [5.74, 6) is 0.120. The summed E-state index contributed by atoms with van der Waals surface area (Å²) in [6.07, 6.45) is 11.1. The van der Waals surface area contributed by atoms with Gasteiger partial charge in [0.05, 0.1) is 11.2 Å². The van der Waals surface area contributed by atoms with E-state index in [1.54, 1.807) is 0 Å². The molecule has 2 fully saturated rings. The molecule has 2 aromatic carbocycles. The van der Waals surface area contributed by atoms with Crippen LogP contribution in [0.2, 0.25) is 39.3 Å². The van der Waals surface area contributed by atoms with E-state index in [0.717, 1.165) is 73.6 Å². The highest BCUT2D eigenvalue weighted by atomic mass is 28.4. The molecule has 0 atom stereocenters. The van der Waals surface area contributed by atoms with Crippen molar-refractivity contribution in [1.82, 2.24) is 0 Å². The number of carbonyl (C=O) groups is 1. The summed E-state index contributed by atoms with van der Waals surface area (Å²) in [6, 6.07) is 16.6.